The Morgan fingerprint density at radius 2 is 0.638 bits per heavy atom. The second-order valence-corrected chi connectivity index (χ2v) is 23.9. The van der Waals surface area contributed by atoms with Crippen molar-refractivity contribution in [3.05, 3.63) is 334 Å². The zero-order valence-electron chi connectivity index (χ0n) is 50.9. The first-order chi connectivity index (χ1) is 46.6. The normalized spacial score (nSPS) is 12.2. The van der Waals surface area contributed by atoms with Gasteiger partial charge in [-0.1, -0.05) is 237 Å². The summed E-state index contributed by atoms with van der Waals surface area (Å²) in [5, 5.41) is 2.18. The van der Waals surface area contributed by atoms with E-state index in [2.05, 4.69) is 275 Å². The van der Waals surface area contributed by atoms with E-state index in [1.54, 1.807) is 0 Å². The zero-order chi connectivity index (χ0) is 62.1. The number of aromatic nitrogens is 6. The van der Waals surface area contributed by atoms with E-state index in [4.69, 9.17) is 24.9 Å². The molecule has 8 nitrogen and oxygen atoms in total. The quantitative estimate of drug-likeness (QED) is 0.119. The van der Waals surface area contributed by atoms with Gasteiger partial charge in [-0.2, -0.15) is 0 Å². The average molecular weight is 1200 g/mol. The van der Waals surface area contributed by atoms with Gasteiger partial charge in [0, 0.05) is 83.8 Å². The maximum Gasteiger partial charge on any atom is 0.252 e. The van der Waals surface area contributed by atoms with Crippen molar-refractivity contribution in [3.63, 3.8) is 0 Å². The highest BCUT2D eigenvalue weighted by Gasteiger charge is 2.43. The molecule has 0 saturated heterocycles. The van der Waals surface area contributed by atoms with Gasteiger partial charge < -0.3 is 14.4 Å². The van der Waals surface area contributed by atoms with Gasteiger partial charge in [-0.15, -0.1) is 0 Å². The predicted octanol–water partition coefficient (Wildman–Crippen LogP) is 19.2. The number of benzene rings is 13. The number of hydrogen-bond donors (Lipinski definition) is 0. The van der Waals surface area contributed by atoms with Gasteiger partial charge in [0.2, 0.25) is 0 Å². The molecular formula is C85H55BN8. The van der Waals surface area contributed by atoms with Crippen molar-refractivity contribution in [3.8, 4) is 96.0 Å². The van der Waals surface area contributed by atoms with Crippen LogP contribution >= 0.6 is 0 Å². The van der Waals surface area contributed by atoms with Crippen LogP contribution in [-0.4, -0.2) is 36.2 Å². The Bertz CT molecular complexity index is 5330. The Labute approximate surface area is 544 Å². The van der Waals surface area contributed by atoms with Crippen LogP contribution in [0.25, 0.3) is 118 Å². The van der Waals surface area contributed by atoms with Gasteiger partial charge in [0.05, 0.1) is 28.1 Å². The summed E-state index contributed by atoms with van der Waals surface area (Å²) >= 11 is 0. The Morgan fingerprint density at radius 3 is 1.18 bits per heavy atom. The molecule has 13 aromatic carbocycles. The lowest BCUT2D eigenvalue weighted by molar-refractivity contribution is 1.07. The molecule has 16 aromatic rings. The van der Waals surface area contributed by atoms with Crippen LogP contribution in [0.15, 0.2) is 334 Å². The van der Waals surface area contributed by atoms with E-state index < -0.39 is 0 Å². The number of para-hydroxylation sites is 5. The predicted molar refractivity (Wildman–Crippen MR) is 387 cm³/mol. The molecular weight excluding hydrogens is 1140 g/mol. The molecule has 0 saturated carbocycles. The van der Waals surface area contributed by atoms with E-state index in [-0.39, 0.29) is 6.71 Å². The van der Waals surface area contributed by atoms with Crippen LogP contribution in [0, 0.1) is 0 Å². The maximum absolute atomic E-state index is 5.37. The molecule has 0 spiro atoms. The van der Waals surface area contributed by atoms with Gasteiger partial charge in [0.1, 0.15) is 0 Å². The smallest absolute Gasteiger partial charge is 0.252 e. The molecule has 18 rings (SSSR count). The molecule has 0 bridgehead atoms. The minimum atomic E-state index is 0.0111. The van der Waals surface area contributed by atoms with E-state index in [1.807, 2.05) is 72.8 Å². The van der Waals surface area contributed by atoms with Crippen LogP contribution in [-0.2, 0) is 0 Å². The van der Waals surface area contributed by atoms with Gasteiger partial charge in [-0.3, -0.25) is 0 Å². The van der Waals surface area contributed by atoms with Gasteiger partial charge in [0.15, 0.2) is 23.3 Å². The van der Waals surface area contributed by atoms with E-state index >= 15 is 0 Å². The molecule has 0 unspecified atom stereocenters. The van der Waals surface area contributed by atoms with Crippen LogP contribution in [0.3, 0.4) is 0 Å². The first-order valence-corrected chi connectivity index (χ1v) is 31.8. The third-order valence-corrected chi connectivity index (χ3v) is 18.4. The highest BCUT2D eigenvalue weighted by Crippen LogP contribution is 2.47. The maximum atomic E-state index is 5.37. The summed E-state index contributed by atoms with van der Waals surface area (Å²) in [5.41, 5.74) is 25.5. The molecule has 5 heterocycles. The van der Waals surface area contributed by atoms with E-state index in [1.165, 1.54) is 27.8 Å². The fraction of sp³-hybridized carbons (Fsp3) is 0. The molecule has 0 aliphatic carbocycles. The average Bonchev–Trinajstić information content (AvgIpc) is 0.854. The Kier molecular flexibility index (Phi) is 13.1. The number of rotatable bonds is 11. The van der Waals surface area contributed by atoms with Crippen molar-refractivity contribution in [2.45, 2.75) is 0 Å². The standard InChI is InChI=1S/C85H55BN8/c1-7-25-58(26-8-1)72-55-73(59-27-9-2-10-28-59)88-84(87-72)62-47-49-75(94-74-40-22-19-37-67(74)69-52-63(48-50-76(69)94)85-90-82(60-29-11-3-12-30-60)89-83(91-85)61-31-13-4-14-32-61)68(51-62)57-45-43-56(44-46-57)64-53-79-81-80(54-64)93(66-35-17-6-18-36-66)78-42-24-21-39-71(78)86(81)70-38-20-23-41-77(70)92(79)65-33-15-5-16-34-65/h1-55H. The number of anilines is 6. The molecule has 2 aliphatic rings. The molecule has 0 radical (unpaired) electrons. The number of fused-ring (bicyclic) bond motifs is 7. The fourth-order valence-corrected chi connectivity index (χ4v) is 14.1. The summed E-state index contributed by atoms with van der Waals surface area (Å²) in [6, 6.07) is 119. The van der Waals surface area contributed by atoms with Crippen LogP contribution in [0.4, 0.5) is 34.1 Å². The van der Waals surface area contributed by atoms with E-state index in [0.717, 1.165) is 117 Å². The van der Waals surface area contributed by atoms with Gasteiger partial charge in [-0.25, -0.2) is 24.9 Å². The lowest BCUT2D eigenvalue weighted by atomic mass is 9.33. The van der Waals surface area contributed by atoms with Crippen molar-refractivity contribution in [1.29, 1.82) is 0 Å². The highest BCUT2D eigenvalue weighted by atomic mass is 15.2. The minimum Gasteiger partial charge on any atom is -0.311 e. The van der Waals surface area contributed by atoms with Crippen molar-refractivity contribution < 1.29 is 0 Å². The third kappa shape index (κ3) is 9.36. The molecule has 2 aliphatic heterocycles. The number of nitrogens with zero attached hydrogens (tertiary/aromatic N) is 8. The second kappa shape index (κ2) is 22.7. The Hall–Kier alpha value is -12.6. The topological polar surface area (TPSA) is 75.9 Å². The van der Waals surface area contributed by atoms with Crippen molar-refractivity contribution in [1.82, 2.24) is 29.5 Å². The highest BCUT2D eigenvalue weighted by molar-refractivity contribution is 7.00. The summed E-state index contributed by atoms with van der Waals surface area (Å²) in [7, 11) is 0. The SMILES string of the molecule is c1ccc(-c2cc(-c3ccccc3)nc(-c3ccc(-n4c5ccccc5c5cc(-c6nc(-c7ccccc7)nc(-c7ccccc7)n6)ccc54)c(-c4ccc(-c5cc6c7c(c5)N(c5ccccc5)c5ccccc5B7c5ccccc5N6c5ccccc5)cc4)c3)n2)cc1. The molecule has 438 valence electrons. The van der Waals surface area contributed by atoms with Crippen LogP contribution < -0.4 is 26.2 Å². The van der Waals surface area contributed by atoms with Crippen molar-refractivity contribution >= 4 is 79.0 Å². The number of hydrogen-bond acceptors (Lipinski definition) is 7. The van der Waals surface area contributed by atoms with Crippen LogP contribution in [0.2, 0.25) is 0 Å². The minimum absolute atomic E-state index is 0.0111. The third-order valence-electron chi connectivity index (χ3n) is 18.4. The molecule has 0 atom stereocenters. The van der Waals surface area contributed by atoms with Crippen molar-refractivity contribution in [2.24, 2.45) is 0 Å². The lowest BCUT2D eigenvalue weighted by Crippen LogP contribution is -2.61. The van der Waals surface area contributed by atoms with Gasteiger partial charge in [-0.05, 0) is 130 Å². The van der Waals surface area contributed by atoms with Crippen LogP contribution in [0.1, 0.15) is 0 Å². The summed E-state index contributed by atoms with van der Waals surface area (Å²) in [6.07, 6.45) is 0. The van der Waals surface area contributed by atoms with Crippen LogP contribution in [0.5, 0.6) is 0 Å². The first-order valence-electron chi connectivity index (χ1n) is 31.8. The van der Waals surface area contributed by atoms with E-state index in [0.29, 0.717) is 23.3 Å². The Morgan fingerprint density at radius 1 is 0.234 bits per heavy atom. The molecule has 0 N–H and O–H groups in total. The zero-order valence-corrected chi connectivity index (χ0v) is 50.9. The monoisotopic (exact) mass is 1200 g/mol. The molecule has 3 aromatic heterocycles. The van der Waals surface area contributed by atoms with Gasteiger partial charge >= 0.3 is 0 Å². The molecule has 0 amide bonds. The van der Waals surface area contributed by atoms with Crippen molar-refractivity contribution in [2.75, 3.05) is 9.80 Å². The molecule has 0 fully saturated rings. The second-order valence-electron chi connectivity index (χ2n) is 23.9. The Balaban J connectivity index is 0.834. The summed E-state index contributed by atoms with van der Waals surface area (Å²) in [4.78, 5) is 31.0. The van der Waals surface area contributed by atoms with Gasteiger partial charge in [0.25, 0.3) is 6.71 Å². The molecule has 9 heteroatoms. The van der Waals surface area contributed by atoms with E-state index in [9.17, 15) is 0 Å². The fourth-order valence-electron chi connectivity index (χ4n) is 14.1. The first kappa shape index (κ1) is 54.4. The summed E-state index contributed by atoms with van der Waals surface area (Å²) in [6.45, 7) is 0.0111. The largest absolute Gasteiger partial charge is 0.311 e. The summed E-state index contributed by atoms with van der Waals surface area (Å²) in [5.74, 6) is 2.47. The lowest BCUT2D eigenvalue weighted by Gasteiger charge is -2.44. The summed E-state index contributed by atoms with van der Waals surface area (Å²) < 4.78 is 2.41. The molecule has 94 heavy (non-hydrogen) atoms.